The Morgan fingerprint density at radius 1 is 1.42 bits per heavy atom. The third-order valence-electron chi connectivity index (χ3n) is 2.94. The number of carbonyl (C=O) groups excluding carboxylic acids is 1. The molecular formula is C14H19N3OS. The van der Waals surface area contributed by atoms with E-state index < -0.39 is 0 Å². The molecule has 3 N–H and O–H groups in total. The van der Waals surface area contributed by atoms with Gasteiger partial charge in [0.1, 0.15) is 0 Å². The van der Waals surface area contributed by atoms with E-state index >= 15 is 0 Å². The van der Waals surface area contributed by atoms with Gasteiger partial charge >= 0.3 is 0 Å². The molecule has 1 aromatic heterocycles. The second-order valence-electron chi connectivity index (χ2n) is 5.04. The lowest BCUT2D eigenvalue weighted by Crippen LogP contribution is -2.30. The van der Waals surface area contributed by atoms with Gasteiger partial charge in [-0.2, -0.15) is 0 Å². The van der Waals surface area contributed by atoms with Gasteiger partial charge in [0.15, 0.2) is 5.13 Å². The van der Waals surface area contributed by atoms with Crippen molar-refractivity contribution >= 4 is 32.6 Å². The number of fused-ring (bicyclic) bond motifs is 1. The summed E-state index contributed by atoms with van der Waals surface area (Å²) >= 11 is 1.49. The van der Waals surface area contributed by atoms with Crippen LogP contribution in [0.1, 0.15) is 20.3 Å². The maximum Gasteiger partial charge on any atom is 0.230 e. The predicted molar refractivity (Wildman–Crippen MR) is 80.2 cm³/mol. The first kappa shape index (κ1) is 14.0. The lowest BCUT2D eigenvalue weighted by molar-refractivity contribution is -0.120. The van der Waals surface area contributed by atoms with Gasteiger partial charge in [0.05, 0.1) is 16.1 Å². The molecule has 19 heavy (non-hydrogen) atoms. The Bertz CT molecular complexity index is 532. The van der Waals surface area contributed by atoms with Gasteiger partial charge in [-0.05, 0) is 24.5 Å². The van der Waals surface area contributed by atoms with Crippen LogP contribution in [0.25, 0.3) is 10.2 Å². The minimum Gasteiger partial charge on any atom is -0.330 e. The van der Waals surface area contributed by atoms with Crippen molar-refractivity contribution < 1.29 is 4.79 Å². The molecule has 0 spiro atoms. The minimum atomic E-state index is -0.146. The Morgan fingerprint density at radius 2 is 2.16 bits per heavy atom. The number of rotatable bonds is 5. The zero-order valence-electron chi connectivity index (χ0n) is 11.2. The quantitative estimate of drug-likeness (QED) is 0.883. The molecule has 4 nitrogen and oxygen atoms in total. The van der Waals surface area contributed by atoms with E-state index in [0.717, 1.165) is 16.6 Å². The maximum atomic E-state index is 12.1. The first-order chi connectivity index (χ1) is 9.10. The van der Waals surface area contributed by atoms with E-state index in [9.17, 15) is 4.79 Å². The first-order valence-corrected chi connectivity index (χ1v) is 7.28. The molecule has 0 bridgehead atoms. The number of carbonyl (C=O) groups is 1. The van der Waals surface area contributed by atoms with E-state index in [1.807, 2.05) is 24.3 Å². The van der Waals surface area contributed by atoms with Crippen LogP contribution in [0.3, 0.4) is 0 Å². The van der Waals surface area contributed by atoms with Crippen LogP contribution in [0.2, 0.25) is 0 Å². The fraction of sp³-hybridized carbons (Fsp3) is 0.429. The Labute approximate surface area is 117 Å². The number of hydrogen-bond acceptors (Lipinski definition) is 4. The lowest BCUT2D eigenvalue weighted by atomic mass is 9.96. The number of aromatic nitrogens is 1. The number of para-hydroxylation sites is 1. The highest BCUT2D eigenvalue weighted by atomic mass is 32.1. The smallest absolute Gasteiger partial charge is 0.230 e. The predicted octanol–water partition coefficient (Wildman–Crippen LogP) is 2.86. The van der Waals surface area contributed by atoms with Crippen molar-refractivity contribution in [2.45, 2.75) is 20.3 Å². The molecule has 0 radical (unpaired) electrons. The van der Waals surface area contributed by atoms with Crippen LogP contribution in [-0.4, -0.2) is 17.4 Å². The molecule has 0 aliphatic rings. The van der Waals surface area contributed by atoms with Crippen LogP contribution in [0.15, 0.2) is 24.3 Å². The van der Waals surface area contributed by atoms with Crippen LogP contribution in [0, 0.1) is 11.8 Å². The van der Waals surface area contributed by atoms with Crippen molar-refractivity contribution in [1.29, 1.82) is 0 Å². The van der Waals surface area contributed by atoms with E-state index in [2.05, 4.69) is 24.1 Å². The zero-order chi connectivity index (χ0) is 13.8. The summed E-state index contributed by atoms with van der Waals surface area (Å²) in [4.78, 5) is 16.5. The Hall–Kier alpha value is -1.46. The molecule has 1 heterocycles. The fourth-order valence-corrected chi connectivity index (χ4v) is 2.88. The molecule has 0 aliphatic heterocycles. The summed E-state index contributed by atoms with van der Waals surface area (Å²) in [6.45, 7) is 4.55. The average Bonchev–Trinajstić information content (AvgIpc) is 2.77. The highest BCUT2D eigenvalue weighted by Crippen LogP contribution is 2.26. The van der Waals surface area contributed by atoms with Crippen molar-refractivity contribution in [2.75, 3.05) is 11.9 Å². The highest BCUT2D eigenvalue weighted by Gasteiger charge is 2.19. The summed E-state index contributed by atoms with van der Waals surface area (Å²) in [5, 5.41) is 3.52. The summed E-state index contributed by atoms with van der Waals surface area (Å²) < 4.78 is 1.07. The highest BCUT2D eigenvalue weighted by molar-refractivity contribution is 7.22. The normalized spacial score (nSPS) is 12.8. The van der Waals surface area contributed by atoms with Gasteiger partial charge in [0.2, 0.25) is 5.91 Å². The summed E-state index contributed by atoms with van der Waals surface area (Å²) in [6.07, 6.45) is 0.799. The second kappa shape index (κ2) is 6.12. The zero-order valence-corrected chi connectivity index (χ0v) is 12.0. The Morgan fingerprint density at radius 3 is 2.79 bits per heavy atom. The summed E-state index contributed by atoms with van der Waals surface area (Å²) in [5.41, 5.74) is 6.59. The molecule has 102 valence electrons. The molecule has 0 fully saturated rings. The molecule has 2 aromatic rings. The second-order valence-corrected chi connectivity index (χ2v) is 6.07. The van der Waals surface area contributed by atoms with Gasteiger partial charge in [0, 0.05) is 6.54 Å². The van der Waals surface area contributed by atoms with E-state index in [0.29, 0.717) is 17.6 Å². The van der Waals surface area contributed by atoms with Crippen molar-refractivity contribution in [3.05, 3.63) is 24.3 Å². The third-order valence-corrected chi connectivity index (χ3v) is 3.89. The monoisotopic (exact) mass is 277 g/mol. The van der Waals surface area contributed by atoms with Gasteiger partial charge in [-0.25, -0.2) is 4.98 Å². The van der Waals surface area contributed by atoms with Crippen molar-refractivity contribution in [3.63, 3.8) is 0 Å². The number of benzene rings is 1. The van der Waals surface area contributed by atoms with Crippen LogP contribution in [0.4, 0.5) is 5.13 Å². The summed E-state index contributed by atoms with van der Waals surface area (Å²) in [6, 6.07) is 7.84. The molecule has 1 atom stereocenters. The van der Waals surface area contributed by atoms with Crippen LogP contribution in [-0.2, 0) is 4.79 Å². The molecule has 0 saturated heterocycles. The number of anilines is 1. The van der Waals surface area contributed by atoms with Crippen molar-refractivity contribution in [1.82, 2.24) is 4.98 Å². The number of hydrogen-bond donors (Lipinski definition) is 2. The molecule has 2 rings (SSSR count). The van der Waals surface area contributed by atoms with E-state index in [1.165, 1.54) is 11.3 Å². The fourth-order valence-electron chi connectivity index (χ4n) is 2.01. The summed E-state index contributed by atoms with van der Waals surface area (Å²) in [5.74, 6) is 0.275. The van der Waals surface area contributed by atoms with Gasteiger partial charge in [-0.15, -0.1) is 0 Å². The van der Waals surface area contributed by atoms with E-state index in [4.69, 9.17) is 5.73 Å². The van der Waals surface area contributed by atoms with Crippen LogP contribution >= 0.6 is 11.3 Å². The molecule has 1 aromatic carbocycles. The number of nitrogens with one attached hydrogen (secondary N) is 1. The number of amides is 1. The molecule has 1 amide bonds. The molecule has 0 saturated carbocycles. The van der Waals surface area contributed by atoms with Crippen molar-refractivity contribution in [3.8, 4) is 0 Å². The summed E-state index contributed by atoms with van der Waals surface area (Å²) in [7, 11) is 0. The first-order valence-electron chi connectivity index (χ1n) is 6.46. The average molecular weight is 277 g/mol. The number of thiazole rings is 1. The van der Waals surface area contributed by atoms with E-state index in [1.54, 1.807) is 0 Å². The molecule has 0 aliphatic carbocycles. The Kier molecular flexibility index (Phi) is 4.50. The lowest BCUT2D eigenvalue weighted by Gasteiger charge is -2.15. The van der Waals surface area contributed by atoms with Gasteiger partial charge in [-0.3, -0.25) is 4.79 Å². The molecule has 1 unspecified atom stereocenters. The number of nitrogens with zero attached hydrogens (tertiary/aromatic N) is 1. The topological polar surface area (TPSA) is 68.0 Å². The standard InChI is InChI=1S/C14H19N3OS/c1-9(2)7-10(8-15)13(18)17-14-16-11-5-3-4-6-12(11)19-14/h3-6,9-10H,7-8,15H2,1-2H3,(H,16,17,18). The van der Waals surface area contributed by atoms with Gasteiger partial charge < -0.3 is 11.1 Å². The molecular weight excluding hydrogens is 258 g/mol. The van der Waals surface area contributed by atoms with E-state index in [-0.39, 0.29) is 11.8 Å². The SMILES string of the molecule is CC(C)CC(CN)C(=O)Nc1nc2ccccc2s1. The van der Waals surface area contributed by atoms with Crippen molar-refractivity contribution in [2.24, 2.45) is 17.6 Å². The van der Waals surface area contributed by atoms with Gasteiger partial charge in [0.25, 0.3) is 0 Å². The Balaban J connectivity index is 2.09. The van der Waals surface area contributed by atoms with Crippen LogP contribution < -0.4 is 11.1 Å². The minimum absolute atomic E-state index is 0.0322. The largest absolute Gasteiger partial charge is 0.330 e. The maximum absolute atomic E-state index is 12.1. The van der Waals surface area contributed by atoms with Gasteiger partial charge in [-0.1, -0.05) is 37.3 Å². The van der Waals surface area contributed by atoms with Crippen LogP contribution in [0.5, 0.6) is 0 Å². The third kappa shape index (κ3) is 3.52. The molecule has 5 heteroatoms. The number of nitrogens with two attached hydrogens (primary N) is 1.